The van der Waals surface area contributed by atoms with E-state index in [1.807, 2.05) is 0 Å². The van der Waals surface area contributed by atoms with Crippen molar-refractivity contribution in [2.75, 3.05) is 0 Å². The number of terminal acetylenes is 1. The molecule has 0 aliphatic carbocycles. The number of halogens is 3. The second-order valence-electron chi connectivity index (χ2n) is 2.55. The minimum Gasteiger partial charge on any atom is -0.406 e. The fourth-order valence-corrected chi connectivity index (χ4v) is 0.918. The number of hydrogen-bond acceptors (Lipinski definition) is 2. The molecule has 15 heavy (non-hydrogen) atoms. The monoisotopic (exact) mass is 214 g/mol. The molecule has 0 heterocycles. The molecule has 1 aromatic rings. The summed E-state index contributed by atoms with van der Waals surface area (Å²) in [6.45, 7) is 0. The van der Waals surface area contributed by atoms with Gasteiger partial charge in [0.1, 0.15) is 5.75 Å². The zero-order valence-electron chi connectivity index (χ0n) is 7.34. The maximum atomic E-state index is 11.8. The number of benzene rings is 1. The van der Waals surface area contributed by atoms with Gasteiger partial charge in [0.15, 0.2) is 0 Å². The third-order valence-corrected chi connectivity index (χ3v) is 1.46. The quantitative estimate of drug-likeness (QED) is 0.429. The molecule has 0 aliphatic rings. The standard InChI is InChI=1S/C10H5F3O2/c1-2-9(14)7-4-3-5-8(6-7)15-10(11,12)13/h1,3-6H. The van der Waals surface area contributed by atoms with Gasteiger partial charge >= 0.3 is 6.36 Å². The number of carbonyl (C=O) groups is 1. The first kappa shape index (κ1) is 11.1. The molecule has 0 saturated carbocycles. The van der Waals surface area contributed by atoms with Crippen molar-refractivity contribution >= 4 is 5.78 Å². The summed E-state index contributed by atoms with van der Waals surface area (Å²) in [7, 11) is 0. The van der Waals surface area contributed by atoms with Crippen molar-refractivity contribution in [1.82, 2.24) is 0 Å². The van der Waals surface area contributed by atoms with Crippen molar-refractivity contribution in [2.45, 2.75) is 6.36 Å². The molecule has 0 radical (unpaired) electrons. The van der Waals surface area contributed by atoms with Crippen molar-refractivity contribution in [3.05, 3.63) is 29.8 Å². The highest BCUT2D eigenvalue weighted by Gasteiger charge is 2.31. The molecule has 5 heteroatoms. The zero-order valence-corrected chi connectivity index (χ0v) is 7.34. The van der Waals surface area contributed by atoms with E-state index in [9.17, 15) is 18.0 Å². The van der Waals surface area contributed by atoms with Crippen LogP contribution >= 0.6 is 0 Å². The predicted octanol–water partition coefficient (Wildman–Crippen LogP) is 2.40. The van der Waals surface area contributed by atoms with E-state index in [-0.39, 0.29) is 5.56 Å². The lowest BCUT2D eigenvalue weighted by Gasteiger charge is -2.08. The van der Waals surface area contributed by atoms with E-state index in [0.717, 1.165) is 12.1 Å². The van der Waals surface area contributed by atoms with Crippen LogP contribution in [0, 0.1) is 12.3 Å². The Morgan fingerprint density at radius 3 is 2.60 bits per heavy atom. The van der Waals surface area contributed by atoms with E-state index >= 15 is 0 Å². The van der Waals surface area contributed by atoms with Crippen molar-refractivity contribution in [3.63, 3.8) is 0 Å². The van der Waals surface area contributed by atoms with Gasteiger partial charge in [-0.1, -0.05) is 12.1 Å². The van der Waals surface area contributed by atoms with Crippen LogP contribution in [0.25, 0.3) is 0 Å². The highest BCUT2D eigenvalue weighted by Crippen LogP contribution is 2.23. The fourth-order valence-electron chi connectivity index (χ4n) is 0.918. The normalized spacial score (nSPS) is 10.5. The molecule has 0 atom stereocenters. The summed E-state index contributed by atoms with van der Waals surface area (Å²) in [5.74, 6) is 0.635. The molecule has 0 amide bonds. The molecule has 0 saturated heterocycles. The molecule has 0 aliphatic heterocycles. The molecule has 0 spiro atoms. The Kier molecular flexibility index (Phi) is 3.00. The lowest BCUT2D eigenvalue weighted by molar-refractivity contribution is -0.274. The minimum absolute atomic E-state index is 0.0146. The van der Waals surface area contributed by atoms with E-state index in [2.05, 4.69) is 4.74 Å². The predicted molar refractivity (Wildman–Crippen MR) is 46.3 cm³/mol. The minimum atomic E-state index is -4.78. The third-order valence-electron chi connectivity index (χ3n) is 1.46. The lowest BCUT2D eigenvalue weighted by Crippen LogP contribution is -2.17. The number of rotatable bonds is 2. The van der Waals surface area contributed by atoms with E-state index < -0.39 is 17.9 Å². The molecule has 0 aromatic heterocycles. The molecular weight excluding hydrogens is 209 g/mol. The molecule has 0 unspecified atom stereocenters. The lowest BCUT2D eigenvalue weighted by atomic mass is 10.1. The van der Waals surface area contributed by atoms with Crippen LogP contribution in [-0.2, 0) is 0 Å². The van der Waals surface area contributed by atoms with Crippen LogP contribution in [0.4, 0.5) is 13.2 Å². The third kappa shape index (κ3) is 3.35. The molecule has 0 fully saturated rings. The molecular formula is C10H5F3O2. The van der Waals surface area contributed by atoms with Crippen LogP contribution in [0.1, 0.15) is 10.4 Å². The Labute approximate surface area is 83.7 Å². The average Bonchev–Trinajstić information content (AvgIpc) is 2.14. The summed E-state index contributed by atoms with van der Waals surface area (Å²) >= 11 is 0. The first-order valence-electron chi connectivity index (χ1n) is 3.79. The molecule has 78 valence electrons. The van der Waals surface area contributed by atoms with Crippen molar-refractivity contribution in [2.24, 2.45) is 0 Å². The van der Waals surface area contributed by atoms with Crippen LogP contribution in [0.2, 0.25) is 0 Å². The van der Waals surface area contributed by atoms with Gasteiger partial charge in [-0.25, -0.2) is 0 Å². The van der Waals surface area contributed by atoms with Gasteiger partial charge in [0.2, 0.25) is 5.78 Å². The Bertz CT molecular complexity index is 415. The summed E-state index contributed by atoms with van der Waals surface area (Å²) in [5.41, 5.74) is -0.0146. The highest BCUT2D eigenvalue weighted by atomic mass is 19.4. The Hall–Kier alpha value is -1.96. The molecule has 0 N–H and O–H groups in total. The van der Waals surface area contributed by atoms with Crippen molar-refractivity contribution < 1.29 is 22.7 Å². The largest absolute Gasteiger partial charge is 0.573 e. The number of ketones is 1. The first-order valence-corrected chi connectivity index (χ1v) is 3.79. The fraction of sp³-hybridized carbons (Fsp3) is 0.100. The van der Waals surface area contributed by atoms with Gasteiger partial charge < -0.3 is 4.74 Å². The smallest absolute Gasteiger partial charge is 0.406 e. The maximum absolute atomic E-state index is 11.8. The maximum Gasteiger partial charge on any atom is 0.573 e. The Morgan fingerprint density at radius 2 is 2.07 bits per heavy atom. The molecule has 2 nitrogen and oxygen atoms in total. The summed E-state index contributed by atoms with van der Waals surface area (Å²) in [4.78, 5) is 11.0. The summed E-state index contributed by atoms with van der Waals surface area (Å²) in [6.07, 6.45) is 0.0389. The summed E-state index contributed by atoms with van der Waals surface area (Å²) in [6, 6.07) is 4.59. The number of ether oxygens (including phenoxy) is 1. The average molecular weight is 214 g/mol. The van der Waals surface area contributed by atoms with Crippen LogP contribution in [0.5, 0.6) is 5.75 Å². The number of carbonyl (C=O) groups excluding carboxylic acids is 1. The van der Waals surface area contributed by atoms with Crippen LogP contribution in [-0.4, -0.2) is 12.1 Å². The van der Waals surface area contributed by atoms with Crippen LogP contribution < -0.4 is 4.74 Å². The Morgan fingerprint density at radius 1 is 1.40 bits per heavy atom. The molecule has 1 rings (SSSR count). The van der Waals surface area contributed by atoms with Crippen LogP contribution in [0.15, 0.2) is 24.3 Å². The number of Topliss-reactive ketones (excluding diaryl/α,β-unsaturated/α-hetero) is 1. The van der Waals surface area contributed by atoms with Gasteiger partial charge in [-0.3, -0.25) is 4.79 Å². The van der Waals surface area contributed by atoms with E-state index in [1.54, 1.807) is 5.92 Å². The van der Waals surface area contributed by atoms with Crippen molar-refractivity contribution in [1.29, 1.82) is 0 Å². The number of hydrogen-bond donors (Lipinski definition) is 0. The first-order chi connectivity index (χ1) is 6.92. The second-order valence-corrected chi connectivity index (χ2v) is 2.55. The topological polar surface area (TPSA) is 26.3 Å². The van der Waals surface area contributed by atoms with Crippen molar-refractivity contribution in [3.8, 4) is 18.1 Å². The zero-order chi connectivity index (χ0) is 11.5. The van der Waals surface area contributed by atoms with Crippen LogP contribution in [0.3, 0.4) is 0 Å². The van der Waals surface area contributed by atoms with Gasteiger partial charge in [-0.2, -0.15) is 0 Å². The van der Waals surface area contributed by atoms with Gasteiger partial charge in [0, 0.05) is 5.56 Å². The Balaban J connectivity index is 2.94. The SMILES string of the molecule is C#CC(=O)c1cccc(OC(F)(F)F)c1. The van der Waals surface area contributed by atoms with E-state index in [1.165, 1.54) is 12.1 Å². The van der Waals surface area contributed by atoms with Gasteiger partial charge in [0.05, 0.1) is 0 Å². The van der Waals surface area contributed by atoms with Gasteiger partial charge in [-0.05, 0) is 18.1 Å². The molecule has 1 aromatic carbocycles. The summed E-state index contributed by atoms with van der Waals surface area (Å²) < 4.78 is 39.0. The second kappa shape index (κ2) is 4.05. The van der Waals surface area contributed by atoms with Gasteiger partial charge in [-0.15, -0.1) is 19.6 Å². The highest BCUT2D eigenvalue weighted by molar-refractivity contribution is 6.08. The summed E-state index contributed by atoms with van der Waals surface area (Å²) in [5, 5.41) is 0. The number of alkyl halides is 3. The van der Waals surface area contributed by atoms with Gasteiger partial charge in [0.25, 0.3) is 0 Å². The molecule has 0 bridgehead atoms. The van der Waals surface area contributed by atoms with E-state index in [4.69, 9.17) is 6.42 Å². The van der Waals surface area contributed by atoms with E-state index in [0.29, 0.717) is 0 Å².